The van der Waals surface area contributed by atoms with Crippen LogP contribution in [-0.2, 0) is 28.8 Å². The Hall–Kier alpha value is -3.39. The third-order valence-corrected chi connectivity index (χ3v) is 5.91. The molecule has 9 heteroatoms. The Morgan fingerprint density at radius 2 is 1.69 bits per heavy atom. The SMILES string of the molecule is CC(C)COC(=O)N(CC(=O)O)[C@@H](C)c1ccc(CCCc2noc(Cc3ccc(Cl)cc3)n2)cc1. The third kappa shape index (κ3) is 8.37. The molecule has 3 aromatic rings. The molecule has 0 aliphatic carbocycles. The largest absolute Gasteiger partial charge is 0.480 e. The second-order valence-electron chi connectivity index (χ2n) is 9.17. The number of benzene rings is 2. The zero-order chi connectivity index (χ0) is 26.1. The standard InChI is InChI=1S/C27H32ClN3O5/c1-18(2)17-35-27(34)31(16-26(32)33)19(3)22-11-7-20(8-12-22)5-4-6-24-29-25(36-30-24)15-21-9-13-23(28)14-10-21/h7-14,18-19H,4-6,15-17H2,1-3H3,(H,32,33)/t19-/m0/s1. The van der Waals surface area contributed by atoms with Crippen molar-refractivity contribution in [3.05, 3.63) is 82.0 Å². The monoisotopic (exact) mass is 513 g/mol. The Balaban J connectivity index is 1.52. The van der Waals surface area contributed by atoms with Gasteiger partial charge in [-0.25, -0.2) is 4.79 Å². The van der Waals surface area contributed by atoms with Crippen LogP contribution in [0.25, 0.3) is 0 Å². The molecule has 0 aliphatic rings. The molecule has 0 bridgehead atoms. The quantitative estimate of drug-likeness (QED) is 0.329. The number of hydrogen-bond donors (Lipinski definition) is 1. The average molecular weight is 514 g/mol. The van der Waals surface area contributed by atoms with Gasteiger partial charge in [0.15, 0.2) is 5.82 Å². The topological polar surface area (TPSA) is 106 Å². The number of amides is 1. The van der Waals surface area contributed by atoms with E-state index in [0.717, 1.165) is 29.5 Å². The molecule has 2 aromatic carbocycles. The second kappa shape index (κ2) is 13.1. The predicted octanol–water partition coefficient (Wildman–Crippen LogP) is 5.73. The first-order chi connectivity index (χ1) is 17.2. The zero-order valence-electron chi connectivity index (χ0n) is 20.8. The van der Waals surface area contributed by atoms with Crippen molar-refractivity contribution in [2.75, 3.05) is 13.2 Å². The van der Waals surface area contributed by atoms with Gasteiger partial charge in [-0.2, -0.15) is 4.98 Å². The van der Waals surface area contributed by atoms with E-state index in [0.29, 0.717) is 29.6 Å². The van der Waals surface area contributed by atoms with Crippen LogP contribution in [0, 0.1) is 5.92 Å². The molecule has 0 fully saturated rings. The molecule has 3 rings (SSSR count). The van der Waals surface area contributed by atoms with Gasteiger partial charge in [-0.1, -0.05) is 67.0 Å². The fourth-order valence-electron chi connectivity index (χ4n) is 3.66. The number of nitrogens with zero attached hydrogens (tertiary/aromatic N) is 3. The van der Waals surface area contributed by atoms with E-state index in [1.807, 2.05) is 62.4 Å². The summed E-state index contributed by atoms with van der Waals surface area (Å²) in [4.78, 5) is 29.5. The first-order valence-corrected chi connectivity index (χ1v) is 12.4. The van der Waals surface area contributed by atoms with Crippen LogP contribution in [0.15, 0.2) is 53.1 Å². The van der Waals surface area contributed by atoms with Gasteiger partial charge in [0.2, 0.25) is 5.89 Å². The van der Waals surface area contributed by atoms with Gasteiger partial charge in [-0.05, 0) is 54.5 Å². The van der Waals surface area contributed by atoms with Gasteiger partial charge >= 0.3 is 12.1 Å². The summed E-state index contributed by atoms with van der Waals surface area (Å²) in [6.45, 7) is 5.46. The number of halogens is 1. The lowest BCUT2D eigenvalue weighted by Gasteiger charge is -2.27. The Bertz CT molecular complexity index is 1130. The van der Waals surface area contributed by atoms with Crippen LogP contribution in [-0.4, -0.2) is 45.4 Å². The molecular weight excluding hydrogens is 482 g/mol. The van der Waals surface area contributed by atoms with Crippen molar-refractivity contribution in [1.82, 2.24) is 15.0 Å². The lowest BCUT2D eigenvalue weighted by atomic mass is 10.0. The molecule has 0 radical (unpaired) electrons. The minimum Gasteiger partial charge on any atom is -0.480 e. The number of carboxylic acid groups (broad SMARTS) is 1. The molecule has 1 atom stereocenters. The lowest BCUT2D eigenvalue weighted by molar-refractivity contribution is -0.138. The van der Waals surface area contributed by atoms with Crippen LogP contribution in [0.2, 0.25) is 5.02 Å². The molecule has 1 aromatic heterocycles. The molecule has 0 unspecified atom stereocenters. The Morgan fingerprint density at radius 1 is 1.03 bits per heavy atom. The van der Waals surface area contributed by atoms with Crippen LogP contribution in [0.5, 0.6) is 0 Å². The molecular formula is C27H32ClN3O5. The maximum Gasteiger partial charge on any atom is 0.410 e. The summed E-state index contributed by atoms with van der Waals surface area (Å²) in [6, 6.07) is 14.9. The molecule has 8 nitrogen and oxygen atoms in total. The second-order valence-corrected chi connectivity index (χ2v) is 9.61. The maximum absolute atomic E-state index is 12.5. The van der Waals surface area contributed by atoms with Gasteiger partial charge in [-0.3, -0.25) is 9.69 Å². The Labute approximate surface area is 216 Å². The minimum absolute atomic E-state index is 0.165. The highest BCUT2D eigenvalue weighted by atomic mass is 35.5. The van der Waals surface area contributed by atoms with Crippen molar-refractivity contribution in [3.8, 4) is 0 Å². The smallest absolute Gasteiger partial charge is 0.410 e. The number of carboxylic acids is 1. The van der Waals surface area contributed by atoms with E-state index in [4.69, 9.17) is 20.9 Å². The zero-order valence-corrected chi connectivity index (χ0v) is 21.6. The maximum atomic E-state index is 12.5. The molecule has 1 N–H and O–H groups in total. The van der Waals surface area contributed by atoms with Gasteiger partial charge in [0.25, 0.3) is 0 Å². The summed E-state index contributed by atoms with van der Waals surface area (Å²) in [7, 11) is 0. The van der Waals surface area contributed by atoms with Crippen molar-refractivity contribution in [2.24, 2.45) is 5.92 Å². The highest BCUT2D eigenvalue weighted by molar-refractivity contribution is 6.30. The van der Waals surface area contributed by atoms with Crippen molar-refractivity contribution < 1.29 is 24.0 Å². The number of ether oxygens (including phenoxy) is 1. The van der Waals surface area contributed by atoms with E-state index in [2.05, 4.69) is 10.1 Å². The summed E-state index contributed by atoms with van der Waals surface area (Å²) in [5.41, 5.74) is 3.02. The van der Waals surface area contributed by atoms with E-state index < -0.39 is 24.6 Å². The number of aryl methyl sites for hydroxylation is 2. The van der Waals surface area contributed by atoms with Gasteiger partial charge < -0.3 is 14.4 Å². The fraction of sp³-hybridized carbons (Fsp3) is 0.407. The van der Waals surface area contributed by atoms with E-state index in [9.17, 15) is 14.7 Å². The van der Waals surface area contributed by atoms with Crippen molar-refractivity contribution >= 4 is 23.7 Å². The van der Waals surface area contributed by atoms with E-state index >= 15 is 0 Å². The summed E-state index contributed by atoms with van der Waals surface area (Å²) in [6.07, 6.45) is 2.30. The Morgan fingerprint density at radius 3 is 2.33 bits per heavy atom. The first kappa shape index (κ1) is 27.2. The number of carbonyl (C=O) groups is 2. The van der Waals surface area contributed by atoms with E-state index in [1.165, 1.54) is 4.90 Å². The average Bonchev–Trinajstić information content (AvgIpc) is 3.29. The lowest BCUT2D eigenvalue weighted by Crippen LogP contribution is -2.38. The van der Waals surface area contributed by atoms with Gasteiger partial charge in [-0.15, -0.1) is 0 Å². The van der Waals surface area contributed by atoms with Crippen molar-refractivity contribution in [3.63, 3.8) is 0 Å². The van der Waals surface area contributed by atoms with Crippen molar-refractivity contribution in [1.29, 1.82) is 0 Å². The fourth-order valence-corrected chi connectivity index (χ4v) is 3.79. The Kier molecular flexibility index (Phi) is 9.87. The van der Waals surface area contributed by atoms with Gasteiger partial charge in [0.1, 0.15) is 6.54 Å². The highest BCUT2D eigenvalue weighted by Crippen LogP contribution is 2.22. The normalized spacial score (nSPS) is 11.9. The number of hydrogen-bond acceptors (Lipinski definition) is 6. The molecule has 192 valence electrons. The molecule has 1 heterocycles. The molecule has 0 spiro atoms. The number of carbonyl (C=O) groups excluding carboxylic acids is 1. The van der Waals surface area contributed by atoms with Crippen LogP contribution in [0.1, 0.15) is 61.6 Å². The summed E-state index contributed by atoms with van der Waals surface area (Å²) >= 11 is 5.92. The minimum atomic E-state index is -1.09. The number of aromatic nitrogens is 2. The van der Waals surface area contributed by atoms with Crippen LogP contribution in [0.3, 0.4) is 0 Å². The molecule has 36 heavy (non-hydrogen) atoms. The molecule has 0 saturated carbocycles. The third-order valence-electron chi connectivity index (χ3n) is 5.65. The van der Waals surface area contributed by atoms with Gasteiger partial charge in [0, 0.05) is 11.4 Å². The first-order valence-electron chi connectivity index (χ1n) is 12.0. The molecule has 0 aliphatic heterocycles. The summed E-state index contributed by atoms with van der Waals surface area (Å²) < 4.78 is 10.6. The van der Waals surface area contributed by atoms with Crippen molar-refractivity contribution in [2.45, 2.75) is 52.5 Å². The highest BCUT2D eigenvalue weighted by Gasteiger charge is 2.25. The predicted molar refractivity (Wildman–Crippen MR) is 136 cm³/mol. The van der Waals surface area contributed by atoms with Gasteiger partial charge in [0.05, 0.1) is 19.1 Å². The number of aliphatic carboxylic acids is 1. The number of rotatable bonds is 12. The van der Waals surface area contributed by atoms with E-state index in [1.54, 1.807) is 6.92 Å². The van der Waals surface area contributed by atoms with Crippen LogP contribution < -0.4 is 0 Å². The van der Waals surface area contributed by atoms with Crippen LogP contribution in [0.4, 0.5) is 4.79 Å². The molecule has 1 amide bonds. The van der Waals surface area contributed by atoms with E-state index in [-0.39, 0.29) is 12.5 Å². The summed E-state index contributed by atoms with van der Waals surface area (Å²) in [5.74, 6) is 0.326. The summed E-state index contributed by atoms with van der Waals surface area (Å²) in [5, 5.41) is 14.0. The van der Waals surface area contributed by atoms with Crippen LogP contribution >= 0.6 is 11.6 Å². The molecule has 0 saturated heterocycles.